The van der Waals surface area contributed by atoms with Gasteiger partial charge in [-0.15, -0.1) is 0 Å². The largest absolute Gasteiger partial charge is 0.389 e. The van der Waals surface area contributed by atoms with Gasteiger partial charge in [-0.2, -0.15) is 11.3 Å². The van der Waals surface area contributed by atoms with Crippen LogP contribution >= 0.6 is 11.3 Å². The molecule has 15 heavy (non-hydrogen) atoms. The molecule has 86 valence electrons. The summed E-state index contributed by atoms with van der Waals surface area (Å²) in [6, 6.07) is 0. The van der Waals surface area contributed by atoms with Crippen molar-refractivity contribution in [3.05, 3.63) is 21.9 Å². The fourth-order valence-corrected chi connectivity index (χ4v) is 2.11. The number of hydrogen-bond donors (Lipinski definition) is 2. The van der Waals surface area contributed by atoms with Gasteiger partial charge in [0.2, 0.25) is 0 Å². The second kappa shape index (κ2) is 6.95. The van der Waals surface area contributed by atoms with E-state index in [2.05, 4.69) is 23.0 Å². The Morgan fingerprint density at radius 1 is 1.53 bits per heavy atom. The second-order valence-electron chi connectivity index (χ2n) is 3.52. The molecule has 1 unspecified atom stereocenters. The highest BCUT2D eigenvalue weighted by Crippen LogP contribution is 2.12. The number of rotatable bonds is 7. The lowest BCUT2D eigenvalue weighted by atomic mass is 10.2. The standard InChI is InChI=1S/C11H19NO2S/c1-3-14-6-11(13)5-12-4-10-8-15-7-9(10)2/h7-8,11-13H,3-6H2,1-2H3. The quantitative estimate of drug-likeness (QED) is 0.745. The zero-order valence-electron chi connectivity index (χ0n) is 9.32. The summed E-state index contributed by atoms with van der Waals surface area (Å²) >= 11 is 1.71. The fraction of sp³-hybridized carbons (Fsp3) is 0.636. The number of ether oxygens (including phenoxy) is 1. The molecule has 0 amide bonds. The first-order chi connectivity index (χ1) is 7.24. The monoisotopic (exact) mass is 229 g/mol. The van der Waals surface area contributed by atoms with Crippen LogP contribution in [-0.2, 0) is 11.3 Å². The van der Waals surface area contributed by atoms with Crippen molar-refractivity contribution in [2.24, 2.45) is 0 Å². The molecule has 2 N–H and O–H groups in total. The Labute approximate surface area is 95.1 Å². The van der Waals surface area contributed by atoms with Gasteiger partial charge in [0.1, 0.15) is 0 Å². The van der Waals surface area contributed by atoms with Crippen LogP contribution < -0.4 is 5.32 Å². The topological polar surface area (TPSA) is 41.5 Å². The maximum Gasteiger partial charge on any atom is 0.0897 e. The maximum atomic E-state index is 9.49. The highest BCUT2D eigenvalue weighted by molar-refractivity contribution is 7.08. The van der Waals surface area contributed by atoms with E-state index >= 15 is 0 Å². The van der Waals surface area contributed by atoms with E-state index in [1.165, 1.54) is 11.1 Å². The van der Waals surface area contributed by atoms with Crippen molar-refractivity contribution in [1.82, 2.24) is 5.32 Å². The molecule has 3 nitrogen and oxygen atoms in total. The molecule has 0 bridgehead atoms. The molecular formula is C11H19NO2S. The fourth-order valence-electron chi connectivity index (χ4n) is 1.25. The van der Waals surface area contributed by atoms with Gasteiger partial charge in [0, 0.05) is 19.7 Å². The molecule has 1 aromatic heterocycles. The van der Waals surface area contributed by atoms with Gasteiger partial charge < -0.3 is 15.2 Å². The summed E-state index contributed by atoms with van der Waals surface area (Å²) in [6.45, 7) is 6.49. The Balaban J connectivity index is 2.13. The molecule has 1 atom stereocenters. The van der Waals surface area contributed by atoms with Gasteiger partial charge in [-0.25, -0.2) is 0 Å². The van der Waals surface area contributed by atoms with Crippen LogP contribution in [0.4, 0.5) is 0 Å². The van der Waals surface area contributed by atoms with Gasteiger partial charge in [0.05, 0.1) is 12.7 Å². The number of aliphatic hydroxyl groups is 1. The minimum Gasteiger partial charge on any atom is -0.389 e. The van der Waals surface area contributed by atoms with E-state index in [0.717, 1.165) is 6.54 Å². The number of aliphatic hydroxyl groups excluding tert-OH is 1. The number of hydrogen-bond acceptors (Lipinski definition) is 4. The average Bonchev–Trinajstić information content (AvgIpc) is 2.61. The Morgan fingerprint density at radius 2 is 2.33 bits per heavy atom. The van der Waals surface area contributed by atoms with Crippen molar-refractivity contribution in [2.45, 2.75) is 26.5 Å². The molecule has 1 aromatic rings. The lowest BCUT2D eigenvalue weighted by Crippen LogP contribution is -2.30. The van der Waals surface area contributed by atoms with Crippen LogP contribution in [0.15, 0.2) is 10.8 Å². The van der Waals surface area contributed by atoms with Crippen molar-refractivity contribution in [1.29, 1.82) is 0 Å². The third kappa shape index (κ3) is 4.75. The van der Waals surface area contributed by atoms with E-state index in [1.807, 2.05) is 6.92 Å². The highest BCUT2D eigenvalue weighted by Gasteiger charge is 2.04. The van der Waals surface area contributed by atoms with Gasteiger partial charge in [-0.3, -0.25) is 0 Å². The molecule has 4 heteroatoms. The molecule has 0 aliphatic rings. The zero-order valence-corrected chi connectivity index (χ0v) is 10.1. The third-order valence-electron chi connectivity index (χ3n) is 2.17. The summed E-state index contributed by atoms with van der Waals surface area (Å²) in [6.07, 6.45) is -0.413. The van der Waals surface area contributed by atoms with Crippen LogP contribution in [0.3, 0.4) is 0 Å². The molecule has 0 aliphatic carbocycles. The third-order valence-corrected chi connectivity index (χ3v) is 3.08. The van der Waals surface area contributed by atoms with Crippen LogP contribution in [0.25, 0.3) is 0 Å². The SMILES string of the molecule is CCOCC(O)CNCc1cscc1C. The molecule has 0 radical (unpaired) electrons. The van der Waals surface area contributed by atoms with E-state index in [-0.39, 0.29) is 0 Å². The van der Waals surface area contributed by atoms with Gasteiger partial charge in [0.15, 0.2) is 0 Å². The lowest BCUT2D eigenvalue weighted by molar-refractivity contribution is 0.0427. The lowest BCUT2D eigenvalue weighted by Gasteiger charge is -2.11. The minimum absolute atomic E-state index is 0.409. The molecule has 1 heterocycles. The molecular weight excluding hydrogens is 210 g/mol. The van der Waals surface area contributed by atoms with Crippen molar-refractivity contribution in [2.75, 3.05) is 19.8 Å². The van der Waals surface area contributed by atoms with Gasteiger partial charge in [-0.1, -0.05) is 0 Å². The van der Waals surface area contributed by atoms with Crippen molar-refractivity contribution in [3.63, 3.8) is 0 Å². The summed E-state index contributed by atoms with van der Waals surface area (Å²) in [5, 5.41) is 17.0. The van der Waals surface area contributed by atoms with E-state index in [4.69, 9.17) is 4.74 Å². The first-order valence-electron chi connectivity index (χ1n) is 5.22. The molecule has 1 rings (SSSR count). The molecule has 0 saturated heterocycles. The maximum absolute atomic E-state index is 9.49. The van der Waals surface area contributed by atoms with Gasteiger partial charge >= 0.3 is 0 Å². The van der Waals surface area contributed by atoms with Gasteiger partial charge in [0.25, 0.3) is 0 Å². The summed E-state index contributed by atoms with van der Waals surface area (Å²) < 4.78 is 5.12. The number of nitrogens with one attached hydrogen (secondary N) is 1. The van der Waals surface area contributed by atoms with Gasteiger partial charge in [-0.05, 0) is 35.7 Å². The molecule has 0 fully saturated rings. The van der Waals surface area contributed by atoms with Crippen LogP contribution in [0.1, 0.15) is 18.1 Å². The van der Waals surface area contributed by atoms with Crippen LogP contribution in [0, 0.1) is 6.92 Å². The summed E-state index contributed by atoms with van der Waals surface area (Å²) in [5.41, 5.74) is 2.62. The van der Waals surface area contributed by atoms with E-state index in [9.17, 15) is 5.11 Å². The zero-order chi connectivity index (χ0) is 11.1. The van der Waals surface area contributed by atoms with Crippen molar-refractivity contribution < 1.29 is 9.84 Å². The van der Waals surface area contributed by atoms with E-state index < -0.39 is 6.10 Å². The molecule has 0 saturated carbocycles. The number of thiophene rings is 1. The van der Waals surface area contributed by atoms with Crippen molar-refractivity contribution >= 4 is 11.3 Å². The summed E-state index contributed by atoms with van der Waals surface area (Å²) in [5.74, 6) is 0. The molecule has 0 aliphatic heterocycles. The normalized spacial score (nSPS) is 13.0. The first kappa shape index (κ1) is 12.6. The smallest absolute Gasteiger partial charge is 0.0897 e. The molecule has 0 spiro atoms. The Kier molecular flexibility index (Phi) is 5.86. The minimum atomic E-state index is -0.413. The van der Waals surface area contributed by atoms with Crippen LogP contribution in [0.5, 0.6) is 0 Å². The first-order valence-corrected chi connectivity index (χ1v) is 6.16. The summed E-state index contributed by atoms with van der Waals surface area (Å²) in [7, 11) is 0. The Morgan fingerprint density at radius 3 is 2.93 bits per heavy atom. The predicted molar refractivity (Wildman–Crippen MR) is 63.3 cm³/mol. The molecule has 0 aromatic carbocycles. The number of aryl methyl sites for hydroxylation is 1. The predicted octanol–water partition coefficient (Wildman–Crippen LogP) is 1.54. The van der Waals surface area contributed by atoms with Crippen LogP contribution in [-0.4, -0.2) is 31.0 Å². The Bertz CT molecular complexity index is 275. The summed E-state index contributed by atoms with van der Waals surface area (Å²) in [4.78, 5) is 0. The average molecular weight is 229 g/mol. The van der Waals surface area contributed by atoms with Crippen LogP contribution in [0.2, 0.25) is 0 Å². The highest BCUT2D eigenvalue weighted by atomic mass is 32.1. The van der Waals surface area contributed by atoms with E-state index in [0.29, 0.717) is 19.8 Å². The van der Waals surface area contributed by atoms with Crippen molar-refractivity contribution in [3.8, 4) is 0 Å². The second-order valence-corrected chi connectivity index (χ2v) is 4.27. The Hall–Kier alpha value is -0.420. The van der Waals surface area contributed by atoms with E-state index in [1.54, 1.807) is 11.3 Å².